The van der Waals surface area contributed by atoms with Crippen molar-refractivity contribution in [2.75, 3.05) is 6.61 Å². The van der Waals surface area contributed by atoms with Crippen molar-refractivity contribution in [3.63, 3.8) is 0 Å². The molecule has 1 aliphatic heterocycles. The van der Waals surface area contributed by atoms with Crippen molar-refractivity contribution < 1.29 is 6.16 Å². The number of nitrogens with one attached hydrogen (secondary N) is 1. The summed E-state index contributed by atoms with van der Waals surface area (Å²) in [4.78, 5) is 12.4. The molecule has 1 N–H and O–H groups in total. The molecule has 4 nitrogen and oxygen atoms in total. The lowest BCUT2D eigenvalue weighted by Gasteiger charge is -2.17. The molecule has 0 amide bonds. The number of H-pyrrole nitrogens is 1. The molecule has 2 aromatic heterocycles. The van der Waals surface area contributed by atoms with Crippen LogP contribution in [0.4, 0.5) is 0 Å². The number of hydrogen-bond donors (Lipinski definition) is 1. The zero-order chi connectivity index (χ0) is 12.0. The van der Waals surface area contributed by atoms with Crippen molar-refractivity contribution in [3.05, 3.63) is 17.5 Å². The minimum atomic E-state index is 0. The van der Waals surface area contributed by atoms with Gasteiger partial charge in [0.15, 0.2) is 11.5 Å². The molecular weight excluding hydrogens is 214 g/mol. The summed E-state index contributed by atoms with van der Waals surface area (Å²) in [5.41, 5.74) is 4.06. The summed E-state index contributed by atoms with van der Waals surface area (Å²) in [6, 6.07) is 0. The fourth-order valence-corrected chi connectivity index (χ4v) is 2.12. The highest BCUT2D eigenvalue weighted by Gasteiger charge is 2.22. The molecule has 0 saturated heterocycles. The zero-order valence-corrected chi connectivity index (χ0v) is 10.5. The predicted molar refractivity (Wildman–Crippen MR) is 68.5 cm³/mol. The Morgan fingerprint density at radius 3 is 3.00 bits per heavy atom. The highest BCUT2D eigenvalue weighted by molar-refractivity contribution is 5.78. The number of aryl methyl sites for hydroxylation is 1. The first-order valence-corrected chi connectivity index (χ1v) is 6.06. The average Bonchev–Trinajstić information content (AvgIpc) is 2.65. The van der Waals surface area contributed by atoms with E-state index >= 15 is 0 Å². The molecule has 3 heterocycles. The lowest BCUT2D eigenvalue weighted by molar-refractivity contribution is 0.280. The Labute approximate surface area is 102 Å². The molecule has 17 heavy (non-hydrogen) atoms. The first-order chi connectivity index (χ1) is 8.05. The number of nitrogens with zero attached hydrogens (tertiary/aromatic N) is 2. The Bertz CT molecular complexity index is 571. The van der Waals surface area contributed by atoms with Crippen LogP contribution in [-0.4, -0.2) is 21.6 Å². The van der Waals surface area contributed by atoms with Gasteiger partial charge in [-0.2, -0.15) is 0 Å². The van der Waals surface area contributed by atoms with Crippen LogP contribution in [0.2, 0.25) is 0 Å². The average molecular weight is 233 g/mol. The summed E-state index contributed by atoms with van der Waals surface area (Å²) in [7, 11) is 0. The van der Waals surface area contributed by atoms with Crippen LogP contribution < -0.4 is 4.74 Å². The fourth-order valence-electron chi connectivity index (χ4n) is 2.12. The standard InChI is InChI=1S/C13H17N3O.H2/c1-13(2,3)9-7-14-11-10(15-9)8-5-4-6-17-12(8)16-11;/h7H,4-6H2,1-3H3,(H,14,16);1H. The van der Waals surface area contributed by atoms with Crippen molar-refractivity contribution in [3.8, 4) is 5.88 Å². The highest BCUT2D eigenvalue weighted by atomic mass is 16.5. The lowest BCUT2D eigenvalue weighted by atomic mass is 9.92. The van der Waals surface area contributed by atoms with Gasteiger partial charge in [0.05, 0.1) is 18.5 Å². The summed E-state index contributed by atoms with van der Waals surface area (Å²) < 4.78 is 5.60. The van der Waals surface area contributed by atoms with Crippen molar-refractivity contribution in [2.24, 2.45) is 0 Å². The second kappa shape index (κ2) is 3.45. The third-order valence-corrected chi connectivity index (χ3v) is 3.15. The van der Waals surface area contributed by atoms with E-state index in [0.29, 0.717) is 0 Å². The van der Waals surface area contributed by atoms with Crippen molar-refractivity contribution in [2.45, 2.75) is 39.0 Å². The Balaban J connectivity index is 0.00000120. The maximum Gasteiger partial charge on any atom is 0.198 e. The van der Waals surface area contributed by atoms with Gasteiger partial charge in [-0.05, 0) is 12.8 Å². The first kappa shape index (κ1) is 10.6. The molecule has 3 rings (SSSR count). The monoisotopic (exact) mass is 233 g/mol. The Kier molecular flexibility index (Phi) is 2.15. The molecule has 0 aliphatic carbocycles. The molecule has 0 saturated carbocycles. The molecular formula is C13H19N3O. The van der Waals surface area contributed by atoms with E-state index in [4.69, 9.17) is 9.72 Å². The molecule has 4 heteroatoms. The Hall–Kier alpha value is -1.58. The highest BCUT2D eigenvalue weighted by Crippen LogP contribution is 2.31. The van der Waals surface area contributed by atoms with E-state index in [1.54, 1.807) is 0 Å². The summed E-state index contributed by atoms with van der Waals surface area (Å²) in [5, 5.41) is 0. The second-order valence-corrected chi connectivity index (χ2v) is 5.59. The number of aromatic nitrogens is 3. The molecule has 92 valence electrons. The number of fused-ring (bicyclic) bond motifs is 3. The van der Waals surface area contributed by atoms with Gasteiger partial charge in [0.2, 0.25) is 0 Å². The van der Waals surface area contributed by atoms with E-state index in [9.17, 15) is 0 Å². The van der Waals surface area contributed by atoms with Gasteiger partial charge in [0, 0.05) is 12.4 Å². The van der Waals surface area contributed by atoms with Gasteiger partial charge in [-0.15, -0.1) is 0 Å². The second-order valence-electron chi connectivity index (χ2n) is 5.59. The Morgan fingerprint density at radius 1 is 1.41 bits per heavy atom. The van der Waals surface area contributed by atoms with Gasteiger partial charge in [-0.25, -0.2) is 9.97 Å². The molecule has 0 bridgehead atoms. The summed E-state index contributed by atoms with van der Waals surface area (Å²) in [6.45, 7) is 7.24. The maximum atomic E-state index is 5.60. The molecule has 2 aromatic rings. The lowest BCUT2D eigenvalue weighted by Crippen LogP contribution is -2.14. The number of rotatable bonds is 0. The SMILES string of the molecule is CC(C)(C)c1cnc2[nH]c3c(c2n1)CCCO3.[HH]. The number of ether oxygens (including phenoxy) is 1. The molecule has 0 radical (unpaired) electrons. The summed E-state index contributed by atoms with van der Waals surface area (Å²) in [5.74, 6) is 0.859. The Morgan fingerprint density at radius 2 is 2.24 bits per heavy atom. The van der Waals surface area contributed by atoms with E-state index in [2.05, 4.69) is 30.7 Å². The van der Waals surface area contributed by atoms with Crippen LogP contribution in [-0.2, 0) is 11.8 Å². The van der Waals surface area contributed by atoms with E-state index in [-0.39, 0.29) is 6.84 Å². The summed E-state index contributed by atoms with van der Waals surface area (Å²) in [6.07, 6.45) is 3.93. The van der Waals surface area contributed by atoms with Crippen LogP contribution in [0, 0.1) is 0 Å². The zero-order valence-electron chi connectivity index (χ0n) is 10.5. The number of aromatic amines is 1. The van der Waals surface area contributed by atoms with Crippen LogP contribution in [0.5, 0.6) is 5.88 Å². The van der Waals surface area contributed by atoms with Crippen LogP contribution >= 0.6 is 0 Å². The predicted octanol–water partition coefficient (Wildman–Crippen LogP) is 2.83. The van der Waals surface area contributed by atoms with Gasteiger partial charge in [-0.1, -0.05) is 20.8 Å². The van der Waals surface area contributed by atoms with Gasteiger partial charge >= 0.3 is 0 Å². The third kappa shape index (κ3) is 1.68. The minimum absolute atomic E-state index is 0. The van der Waals surface area contributed by atoms with Crippen LogP contribution in [0.15, 0.2) is 6.20 Å². The fraction of sp³-hybridized carbons (Fsp3) is 0.538. The summed E-state index contributed by atoms with van der Waals surface area (Å²) >= 11 is 0. The van der Waals surface area contributed by atoms with E-state index in [1.807, 2.05) is 6.20 Å². The molecule has 1 aliphatic rings. The normalized spacial score (nSPS) is 15.7. The number of hydrogen-bond acceptors (Lipinski definition) is 3. The van der Waals surface area contributed by atoms with Gasteiger partial charge < -0.3 is 9.72 Å². The third-order valence-electron chi connectivity index (χ3n) is 3.15. The smallest absolute Gasteiger partial charge is 0.198 e. The maximum absolute atomic E-state index is 5.60. The first-order valence-electron chi connectivity index (χ1n) is 6.06. The van der Waals surface area contributed by atoms with Gasteiger partial charge in [-0.3, -0.25) is 0 Å². The van der Waals surface area contributed by atoms with Gasteiger partial charge in [0.1, 0.15) is 5.52 Å². The quantitative estimate of drug-likeness (QED) is 0.761. The molecule has 0 aromatic carbocycles. The van der Waals surface area contributed by atoms with E-state index < -0.39 is 0 Å². The van der Waals surface area contributed by atoms with Crippen molar-refractivity contribution >= 4 is 11.2 Å². The van der Waals surface area contributed by atoms with E-state index in [0.717, 1.165) is 42.2 Å². The van der Waals surface area contributed by atoms with Crippen LogP contribution in [0.1, 0.15) is 39.9 Å². The largest absolute Gasteiger partial charge is 0.479 e. The van der Waals surface area contributed by atoms with Crippen LogP contribution in [0.3, 0.4) is 0 Å². The molecule has 0 unspecified atom stereocenters. The minimum Gasteiger partial charge on any atom is -0.479 e. The van der Waals surface area contributed by atoms with Crippen LogP contribution in [0.25, 0.3) is 11.2 Å². The van der Waals surface area contributed by atoms with Crippen molar-refractivity contribution in [1.29, 1.82) is 0 Å². The molecule has 0 atom stereocenters. The topological polar surface area (TPSA) is 50.8 Å². The molecule has 0 fully saturated rings. The molecule has 0 spiro atoms. The van der Waals surface area contributed by atoms with Crippen molar-refractivity contribution in [1.82, 2.24) is 15.0 Å². The van der Waals surface area contributed by atoms with E-state index in [1.165, 1.54) is 5.56 Å². The van der Waals surface area contributed by atoms with Gasteiger partial charge in [0.25, 0.3) is 0 Å².